The van der Waals surface area contributed by atoms with E-state index >= 15 is 0 Å². The van der Waals surface area contributed by atoms with Crippen LogP contribution in [0.4, 0.5) is 0 Å². The monoisotopic (exact) mass is 397 g/mol. The Morgan fingerprint density at radius 3 is 2.61 bits per heavy atom. The molecule has 2 aromatic carbocycles. The molecule has 0 radical (unpaired) electrons. The van der Waals surface area contributed by atoms with Crippen LogP contribution in [0.3, 0.4) is 0 Å². The number of carbonyl (C=O) groups excluding carboxylic acids is 1. The molecule has 0 aliphatic heterocycles. The predicted octanol–water partition coefficient (Wildman–Crippen LogP) is 4.13. The molecule has 0 fully saturated rings. The maximum atomic E-state index is 12.9. The second-order valence-electron chi connectivity index (χ2n) is 6.84. The highest BCUT2D eigenvalue weighted by atomic mass is 35.5. The van der Waals surface area contributed by atoms with Gasteiger partial charge in [0.1, 0.15) is 5.82 Å². The Morgan fingerprint density at radius 1 is 1.21 bits per heavy atom. The molecule has 1 heterocycles. The Kier molecular flexibility index (Phi) is 6.15. The number of hydrogen-bond donors (Lipinski definition) is 0. The highest BCUT2D eigenvalue weighted by Crippen LogP contribution is 2.22. The summed E-state index contributed by atoms with van der Waals surface area (Å²) in [6.45, 7) is 4.38. The van der Waals surface area contributed by atoms with Gasteiger partial charge in [-0.3, -0.25) is 14.2 Å². The van der Waals surface area contributed by atoms with Gasteiger partial charge in [0.2, 0.25) is 5.91 Å². The molecule has 1 aromatic heterocycles. The number of hydrogen-bond acceptors (Lipinski definition) is 3. The van der Waals surface area contributed by atoms with Gasteiger partial charge in [0.25, 0.3) is 5.56 Å². The van der Waals surface area contributed by atoms with Gasteiger partial charge >= 0.3 is 0 Å². The van der Waals surface area contributed by atoms with Crippen LogP contribution in [0.5, 0.6) is 0 Å². The Labute approximate surface area is 169 Å². The molecule has 1 unspecified atom stereocenters. The molecule has 0 aliphatic carbocycles. The average molecular weight is 398 g/mol. The van der Waals surface area contributed by atoms with Gasteiger partial charge in [0.15, 0.2) is 0 Å². The number of carbonyl (C=O) groups is 1. The summed E-state index contributed by atoms with van der Waals surface area (Å²) in [7, 11) is 1.69. The Morgan fingerprint density at radius 2 is 1.93 bits per heavy atom. The second kappa shape index (κ2) is 8.57. The van der Waals surface area contributed by atoms with Crippen molar-refractivity contribution in [2.75, 3.05) is 6.54 Å². The fraction of sp³-hybridized carbons (Fsp3) is 0.318. The van der Waals surface area contributed by atoms with E-state index < -0.39 is 0 Å². The van der Waals surface area contributed by atoms with Gasteiger partial charge in [-0.25, -0.2) is 4.98 Å². The molecule has 0 spiro atoms. The summed E-state index contributed by atoms with van der Waals surface area (Å²) in [5.74, 6) is 0.592. The first-order chi connectivity index (χ1) is 13.4. The molecule has 5 nitrogen and oxygen atoms in total. The number of halogens is 1. The Hall–Kier alpha value is -2.66. The zero-order chi connectivity index (χ0) is 20.3. The minimum Gasteiger partial charge on any atom is -0.333 e. The molecule has 3 rings (SSSR count). The quantitative estimate of drug-likeness (QED) is 0.628. The summed E-state index contributed by atoms with van der Waals surface area (Å²) in [6, 6.07) is 14.7. The summed E-state index contributed by atoms with van der Waals surface area (Å²) in [4.78, 5) is 32.0. The highest BCUT2D eigenvalue weighted by Gasteiger charge is 2.24. The normalized spacial score (nSPS) is 12.1. The van der Waals surface area contributed by atoms with Gasteiger partial charge in [0, 0.05) is 25.0 Å². The summed E-state index contributed by atoms with van der Waals surface area (Å²) >= 11 is 6.07. The first-order valence-electron chi connectivity index (χ1n) is 9.42. The van der Waals surface area contributed by atoms with Crippen LogP contribution < -0.4 is 5.56 Å². The van der Waals surface area contributed by atoms with Crippen LogP contribution in [0.1, 0.15) is 37.7 Å². The van der Waals surface area contributed by atoms with E-state index in [0.29, 0.717) is 41.1 Å². The molecule has 1 atom stereocenters. The summed E-state index contributed by atoms with van der Waals surface area (Å²) in [5, 5.41) is 1.04. The van der Waals surface area contributed by atoms with Crippen molar-refractivity contribution in [2.45, 2.75) is 32.7 Å². The number of rotatable bonds is 6. The standard InChI is InChI=1S/C22H24ClN3O2/c1-4-26(20(27)13-10-16-8-6-5-7-9-16)15(2)21-24-19-14-17(23)11-12-18(19)22(28)25(21)3/h5-9,11-12,14-15H,4,10,13H2,1-3H3. The fourth-order valence-electron chi connectivity index (χ4n) is 3.48. The van der Waals surface area contributed by atoms with E-state index in [1.807, 2.05) is 44.2 Å². The predicted molar refractivity (Wildman–Crippen MR) is 113 cm³/mol. The molecule has 0 bridgehead atoms. The van der Waals surface area contributed by atoms with Crippen LogP contribution in [-0.4, -0.2) is 26.9 Å². The van der Waals surface area contributed by atoms with Crippen LogP contribution in [-0.2, 0) is 18.3 Å². The Bertz CT molecular complexity index is 1050. The van der Waals surface area contributed by atoms with E-state index in [1.165, 1.54) is 4.57 Å². The largest absolute Gasteiger partial charge is 0.333 e. The minimum atomic E-state index is -0.325. The van der Waals surface area contributed by atoms with E-state index in [4.69, 9.17) is 11.6 Å². The van der Waals surface area contributed by atoms with Crippen molar-refractivity contribution in [3.63, 3.8) is 0 Å². The van der Waals surface area contributed by atoms with E-state index in [-0.39, 0.29) is 17.5 Å². The number of nitrogens with zero attached hydrogens (tertiary/aromatic N) is 3. The van der Waals surface area contributed by atoms with Crippen LogP contribution >= 0.6 is 11.6 Å². The first kappa shape index (κ1) is 20.1. The zero-order valence-electron chi connectivity index (χ0n) is 16.4. The van der Waals surface area contributed by atoms with Crippen LogP contribution in [0.15, 0.2) is 53.3 Å². The van der Waals surface area contributed by atoms with Crippen LogP contribution in [0.2, 0.25) is 5.02 Å². The molecule has 1 amide bonds. The summed E-state index contributed by atoms with van der Waals surface area (Å²) in [6.07, 6.45) is 1.10. The molecular formula is C22H24ClN3O2. The number of benzene rings is 2. The van der Waals surface area contributed by atoms with E-state index in [1.54, 1.807) is 30.1 Å². The van der Waals surface area contributed by atoms with Crippen molar-refractivity contribution < 1.29 is 4.79 Å². The van der Waals surface area contributed by atoms with Crippen LogP contribution in [0, 0.1) is 0 Å². The summed E-state index contributed by atoms with van der Waals surface area (Å²) in [5.41, 5.74) is 1.53. The molecule has 0 aliphatic rings. The third-order valence-corrected chi connectivity index (χ3v) is 5.28. The lowest BCUT2D eigenvalue weighted by Gasteiger charge is -2.29. The molecule has 0 saturated carbocycles. The first-order valence-corrected chi connectivity index (χ1v) is 9.79. The highest BCUT2D eigenvalue weighted by molar-refractivity contribution is 6.31. The molecule has 6 heteroatoms. The van der Waals surface area contributed by atoms with Crippen molar-refractivity contribution in [3.8, 4) is 0 Å². The van der Waals surface area contributed by atoms with Gasteiger partial charge in [0.05, 0.1) is 16.9 Å². The number of aromatic nitrogens is 2. The summed E-state index contributed by atoms with van der Waals surface area (Å²) < 4.78 is 1.52. The van der Waals surface area contributed by atoms with Crippen molar-refractivity contribution >= 4 is 28.4 Å². The molecule has 0 saturated heterocycles. The lowest BCUT2D eigenvalue weighted by molar-refractivity contribution is -0.133. The molecule has 146 valence electrons. The number of fused-ring (bicyclic) bond motifs is 1. The van der Waals surface area contributed by atoms with Gasteiger partial charge in [-0.15, -0.1) is 0 Å². The SMILES string of the molecule is CCN(C(=O)CCc1ccccc1)C(C)c1nc2cc(Cl)ccc2c(=O)n1C. The fourth-order valence-corrected chi connectivity index (χ4v) is 3.65. The maximum Gasteiger partial charge on any atom is 0.261 e. The molecule has 3 aromatic rings. The third kappa shape index (κ3) is 4.09. The smallest absolute Gasteiger partial charge is 0.261 e. The van der Waals surface area contributed by atoms with E-state index in [9.17, 15) is 9.59 Å². The number of aryl methyl sites for hydroxylation is 1. The maximum absolute atomic E-state index is 12.9. The van der Waals surface area contributed by atoms with Gasteiger partial charge < -0.3 is 4.90 Å². The van der Waals surface area contributed by atoms with Gasteiger partial charge in [-0.05, 0) is 44.0 Å². The van der Waals surface area contributed by atoms with Gasteiger partial charge in [-0.1, -0.05) is 41.9 Å². The molecular weight excluding hydrogens is 374 g/mol. The second-order valence-corrected chi connectivity index (χ2v) is 7.27. The average Bonchev–Trinajstić information content (AvgIpc) is 2.70. The van der Waals surface area contributed by atoms with Crippen molar-refractivity contribution in [1.29, 1.82) is 0 Å². The lowest BCUT2D eigenvalue weighted by atomic mass is 10.1. The van der Waals surface area contributed by atoms with Crippen LogP contribution in [0.25, 0.3) is 10.9 Å². The van der Waals surface area contributed by atoms with Gasteiger partial charge in [-0.2, -0.15) is 0 Å². The lowest BCUT2D eigenvalue weighted by Crippen LogP contribution is -2.37. The third-order valence-electron chi connectivity index (χ3n) is 5.05. The topological polar surface area (TPSA) is 55.2 Å². The molecule has 28 heavy (non-hydrogen) atoms. The minimum absolute atomic E-state index is 0.0410. The Balaban J connectivity index is 1.88. The van der Waals surface area contributed by atoms with Crippen molar-refractivity contribution in [3.05, 3.63) is 75.3 Å². The number of amides is 1. The molecule has 0 N–H and O–H groups in total. The van der Waals surface area contributed by atoms with E-state index in [0.717, 1.165) is 5.56 Å². The van der Waals surface area contributed by atoms with Crippen molar-refractivity contribution in [2.24, 2.45) is 7.05 Å². The zero-order valence-corrected chi connectivity index (χ0v) is 17.1. The van der Waals surface area contributed by atoms with Crippen molar-refractivity contribution in [1.82, 2.24) is 14.5 Å². The van der Waals surface area contributed by atoms with E-state index in [2.05, 4.69) is 4.98 Å².